The summed E-state index contributed by atoms with van der Waals surface area (Å²) in [6.07, 6.45) is 3.68. The molecule has 5 heteroatoms. The first-order valence-electron chi connectivity index (χ1n) is 6.30. The molecule has 2 N–H and O–H groups in total. The summed E-state index contributed by atoms with van der Waals surface area (Å²) in [5.41, 5.74) is 0.878. The van der Waals surface area contributed by atoms with Crippen LogP contribution in [0.1, 0.15) is 12.8 Å². The quantitative estimate of drug-likeness (QED) is 0.869. The molecule has 0 bridgehead atoms. The van der Waals surface area contributed by atoms with Crippen molar-refractivity contribution in [3.8, 4) is 0 Å². The van der Waals surface area contributed by atoms with Crippen LogP contribution in [0.2, 0.25) is 0 Å². The van der Waals surface area contributed by atoms with E-state index in [1.165, 1.54) is 19.1 Å². The molecule has 1 fully saturated rings. The van der Waals surface area contributed by atoms with Gasteiger partial charge in [0.05, 0.1) is 4.90 Å². The first-order chi connectivity index (χ1) is 8.55. The van der Waals surface area contributed by atoms with Gasteiger partial charge in [0, 0.05) is 18.5 Å². The van der Waals surface area contributed by atoms with E-state index in [1.54, 1.807) is 18.2 Å². The molecule has 0 amide bonds. The molecule has 0 aromatic heterocycles. The van der Waals surface area contributed by atoms with Gasteiger partial charge in [-0.3, -0.25) is 0 Å². The second-order valence-electron chi connectivity index (χ2n) is 4.89. The average Bonchev–Trinajstić information content (AvgIpc) is 2.37. The van der Waals surface area contributed by atoms with Crippen LogP contribution in [0, 0.1) is 5.92 Å². The third-order valence-electron chi connectivity index (χ3n) is 3.26. The van der Waals surface area contributed by atoms with Crippen LogP contribution in [0.5, 0.6) is 0 Å². The number of piperidine rings is 1. The largest absolute Gasteiger partial charge is 0.385 e. The van der Waals surface area contributed by atoms with Gasteiger partial charge in [0.15, 0.2) is 9.84 Å². The van der Waals surface area contributed by atoms with Gasteiger partial charge in [0.1, 0.15) is 0 Å². The van der Waals surface area contributed by atoms with Crippen LogP contribution < -0.4 is 10.6 Å². The van der Waals surface area contributed by atoms with Crippen LogP contribution >= 0.6 is 0 Å². The van der Waals surface area contributed by atoms with E-state index in [-0.39, 0.29) is 0 Å². The fraction of sp³-hybridized carbons (Fsp3) is 0.538. The van der Waals surface area contributed by atoms with Crippen molar-refractivity contribution in [2.75, 3.05) is 31.2 Å². The second kappa shape index (κ2) is 5.71. The summed E-state index contributed by atoms with van der Waals surface area (Å²) in [5.74, 6) is 0.626. The molecule has 0 spiro atoms. The Kier molecular flexibility index (Phi) is 4.24. The molecule has 0 saturated carbocycles. The van der Waals surface area contributed by atoms with Gasteiger partial charge in [0.25, 0.3) is 0 Å². The van der Waals surface area contributed by atoms with Crippen molar-refractivity contribution in [1.29, 1.82) is 0 Å². The van der Waals surface area contributed by atoms with E-state index in [2.05, 4.69) is 10.6 Å². The van der Waals surface area contributed by atoms with Gasteiger partial charge in [-0.05, 0) is 50.0 Å². The number of benzene rings is 1. The minimum Gasteiger partial charge on any atom is -0.385 e. The Bertz CT molecular complexity index is 493. The minimum atomic E-state index is -3.12. The maximum Gasteiger partial charge on any atom is 0.175 e. The lowest BCUT2D eigenvalue weighted by atomic mass is 10.00. The summed E-state index contributed by atoms with van der Waals surface area (Å²) < 4.78 is 22.9. The van der Waals surface area contributed by atoms with Gasteiger partial charge in [-0.25, -0.2) is 8.42 Å². The van der Waals surface area contributed by atoms with Crippen molar-refractivity contribution in [2.24, 2.45) is 5.92 Å². The number of anilines is 1. The highest BCUT2D eigenvalue weighted by atomic mass is 32.2. The van der Waals surface area contributed by atoms with Crippen LogP contribution in [0.4, 0.5) is 5.69 Å². The molecule has 18 heavy (non-hydrogen) atoms. The van der Waals surface area contributed by atoms with Gasteiger partial charge in [0.2, 0.25) is 0 Å². The Balaban J connectivity index is 1.97. The van der Waals surface area contributed by atoms with Crippen molar-refractivity contribution in [3.63, 3.8) is 0 Å². The highest BCUT2D eigenvalue weighted by molar-refractivity contribution is 7.90. The van der Waals surface area contributed by atoms with E-state index < -0.39 is 9.84 Å². The Labute approximate surface area is 109 Å². The van der Waals surface area contributed by atoms with Gasteiger partial charge >= 0.3 is 0 Å². The monoisotopic (exact) mass is 268 g/mol. The lowest BCUT2D eigenvalue weighted by molar-refractivity contribution is 0.393. The summed E-state index contributed by atoms with van der Waals surface area (Å²) in [7, 11) is -3.12. The predicted octanol–water partition coefficient (Wildman–Crippen LogP) is 1.50. The number of sulfone groups is 1. The standard InChI is InChI=1S/C13H20N2O2S/c1-18(16,17)13-6-2-5-12(8-13)15-10-11-4-3-7-14-9-11/h2,5-6,8,11,14-15H,3-4,7,9-10H2,1H3. The van der Waals surface area contributed by atoms with Crippen LogP contribution in [0.15, 0.2) is 29.2 Å². The molecule has 0 radical (unpaired) electrons. The zero-order valence-corrected chi connectivity index (χ0v) is 11.5. The molecular weight excluding hydrogens is 248 g/mol. The van der Waals surface area contributed by atoms with Crippen LogP contribution in [0.25, 0.3) is 0 Å². The highest BCUT2D eigenvalue weighted by Crippen LogP contribution is 2.17. The van der Waals surface area contributed by atoms with Crippen LogP contribution in [-0.4, -0.2) is 34.3 Å². The van der Waals surface area contributed by atoms with Gasteiger partial charge in [-0.15, -0.1) is 0 Å². The van der Waals surface area contributed by atoms with Crippen molar-refractivity contribution < 1.29 is 8.42 Å². The zero-order valence-electron chi connectivity index (χ0n) is 10.6. The van der Waals surface area contributed by atoms with E-state index in [9.17, 15) is 8.42 Å². The van der Waals surface area contributed by atoms with Crippen LogP contribution in [0.3, 0.4) is 0 Å². The number of rotatable bonds is 4. The molecule has 1 atom stereocenters. The maximum atomic E-state index is 11.5. The first-order valence-corrected chi connectivity index (χ1v) is 8.19. The van der Waals surface area contributed by atoms with Crippen molar-refractivity contribution in [1.82, 2.24) is 5.32 Å². The summed E-state index contributed by atoms with van der Waals surface area (Å²) in [4.78, 5) is 0.370. The Hall–Kier alpha value is -1.07. The third-order valence-corrected chi connectivity index (χ3v) is 4.37. The Morgan fingerprint density at radius 2 is 2.28 bits per heavy atom. The van der Waals surface area contributed by atoms with E-state index in [4.69, 9.17) is 0 Å². The van der Waals surface area contributed by atoms with E-state index in [0.717, 1.165) is 25.3 Å². The van der Waals surface area contributed by atoms with Crippen molar-refractivity contribution in [3.05, 3.63) is 24.3 Å². The third kappa shape index (κ3) is 3.71. The summed E-state index contributed by atoms with van der Waals surface area (Å²) in [6, 6.07) is 7.01. The topological polar surface area (TPSA) is 58.2 Å². The van der Waals surface area contributed by atoms with Gasteiger partial charge in [-0.1, -0.05) is 6.07 Å². The van der Waals surface area contributed by atoms with Crippen molar-refractivity contribution >= 4 is 15.5 Å². The number of hydrogen-bond donors (Lipinski definition) is 2. The number of nitrogens with one attached hydrogen (secondary N) is 2. The molecule has 2 rings (SSSR count). The molecule has 1 aliphatic rings. The smallest absolute Gasteiger partial charge is 0.175 e. The molecule has 100 valence electrons. The van der Waals surface area contributed by atoms with Crippen molar-refractivity contribution in [2.45, 2.75) is 17.7 Å². The SMILES string of the molecule is CS(=O)(=O)c1cccc(NCC2CCCNC2)c1. The lowest BCUT2D eigenvalue weighted by Crippen LogP contribution is -2.33. The van der Waals surface area contributed by atoms with E-state index >= 15 is 0 Å². The average molecular weight is 268 g/mol. The Morgan fingerprint density at radius 1 is 1.44 bits per heavy atom. The zero-order chi connectivity index (χ0) is 13.0. The molecule has 1 saturated heterocycles. The fourth-order valence-electron chi connectivity index (χ4n) is 2.20. The molecule has 1 heterocycles. The fourth-order valence-corrected chi connectivity index (χ4v) is 2.86. The van der Waals surface area contributed by atoms with Crippen LogP contribution in [-0.2, 0) is 9.84 Å². The summed E-state index contributed by atoms with van der Waals surface area (Å²) in [5, 5.41) is 6.69. The first kappa shape index (κ1) is 13.4. The molecule has 1 aromatic carbocycles. The molecule has 1 aromatic rings. The normalized spacial score (nSPS) is 20.6. The molecule has 1 unspecified atom stereocenters. The highest BCUT2D eigenvalue weighted by Gasteiger charge is 2.13. The number of hydrogen-bond acceptors (Lipinski definition) is 4. The maximum absolute atomic E-state index is 11.5. The predicted molar refractivity (Wildman–Crippen MR) is 73.6 cm³/mol. The Morgan fingerprint density at radius 3 is 2.94 bits per heavy atom. The molecule has 1 aliphatic heterocycles. The lowest BCUT2D eigenvalue weighted by Gasteiger charge is -2.23. The van der Waals surface area contributed by atoms with Gasteiger partial charge < -0.3 is 10.6 Å². The minimum absolute atomic E-state index is 0.370. The second-order valence-corrected chi connectivity index (χ2v) is 6.91. The van der Waals surface area contributed by atoms with E-state index in [0.29, 0.717) is 10.8 Å². The summed E-state index contributed by atoms with van der Waals surface area (Å²) in [6.45, 7) is 3.04. The molecule has 4 nitrogen and oxygen atoms in total. The molecular formula is C13H20N2O2S. The van der Waals surface area contributed by atoms with Gasteiger partial charge in [-0.2, -0.15) is 0 Å². The van der Waals surface area contributed by atoms with E-state index in [1.807, 2.05) is 6.07 Å². The molecule has 0 aliphatic carbocycles. The summed E-state index contributed by atoms with van der Waals surface area (Å²) >= 11 is 0.